The number of carbonyl (C=O) groups is 2. The van der Waals surface area contributed by atoms with Crippen molar-refractivity contribution in [3.05, 3.63) is 47.0 Å². The minimum Gasteiger partial charge on any atom is -0.299 e. The smallest absolute Gasteiger partial charge is 0.139 e. The molecule has 0 saturated heterocycles. The molecule has 0 aromatic carbocycles. The number of nitrogens with zero attached hydrogens (tertiary/aromatic N) is 4. The number of hydrogen-bond donors (Lipinski definition) is 0. The van der Waals surface area contributed by atoms with E-state index in [0.717, 1.165) is 48.5 Å². The van der Waals surface area contributed by atoms with E-state index in [1.165, 1.54) is 0 Å². The first-order valence-electron chi connectivity index (χ1n) is 12.0. The lowest BCUT2D eigenvalue weighted by molar-refractivity contribution is -0.120. The van der Waals surface area contributed by atoms with Gasteiger partial charge in [-0.1, -0.05) is 34.1 Å². The van der Waals surface area contributed by atoms with Crippen molar-refractivity contribution in [1.29, 1.82) is 0 Å². The Morgan fingerprint density at radius 1 is 0.750 bits per heavy atom. The summed E-state index contributed by atoms with van der Waals surface area (Å²) in [6, 6.07) is 7.97. The third-order valence-corrected chi connectivity index (χ3v) is 6.02. The number of Topliss-reactive ketones (excluding diaryl/α,β-unsaturated/α-hetero) is 2. The highest BCUT2D eigenvalue weighted by Crippen LogP contribution is 2.39. The van der Waals surface area contributed by atoms with Gasteiger partial charge in [0.25, 0.3) is 0 Å². The Labute approximate surface area is 191 Å². The van der Waals surface area contributed by atoms with Gasteiger partial charge in [-0.25, -0.2) is 0 Å². The molecule has 1 aliphatic carbocycles. The van der Waals surface area contributed by atoms with E-state index in [2.05, 4.69) is 48.1 Å². The van der Waals surface area contributed by atoms with Gasteiger partial charge in [-0.3, -0.25) is 9.59 Å². The number of aromatic nitrogens is 4. The Hall–Kier alpha value is -2.50. The third-order valence-electron chi connectivity index (χ3n) is 6.02. The SMILES string of the molecule is CC(C)CC(=O)Cc1ccc([C@@H]2CCC[C@H](c3ccc(CC(=O)CC(C)C)nn3)C2)nn1. The highest BCUT2D eigenvalue weighted by molar-refractivity contribution is 5.81. The van der Waals surface area contributed by atoms with Gasteiger partial charge in [0.15, 0.2) is 0 Å². The van der Waals surface area contributed by atoms with Gasteiger partial charge in [-0.15, -0.1) is 0 Å². The molecule has 6 heteroatoms. The van der Waals surface area contributed by atoms with Crippen molar-refractivity contribution < 1.29 is 9.59 Å². The number of hydrogen-bond acceptors (Lipinski definition) is 6. The second-order valence-corrected chi connectivity index (χ2v) is 10.1. The largest absolute Gasteiger partial charge is 0.299 e. The predicted molar refractivity (Wildman–Crippen MR) is 124 cm³/mol. The van der Waals surface area contributed by atoms with Crippen molar-refractivity contribution in [2.45, 2.75) is 90.9 Å². The quantitative estimate of drug-likeness (QED) is 0.520. The molecule has 0 spiro atoms. The predicted octanol–water partition coefficient (Wildman–Crippen LogP) is 5.02. The molecule has 0 N–H and O–H groups in total. The maximum Gasteiger partial charge on any atom is 0.139 e. The fourth-order valence-corrected chi connectivity index (χ4v) is 4.55. The van der Waals surface area contributed by atoms with Crippen molar-refractivity contribution in [3.63, 3.8) is 0 Å². The first-order chi connectivity index (χ1) is 15.3. The first kappa shape index (κ1) is 24.1. The normalized spacial score (nSPS) is 18.8. The molecule has 172 valence electrons. The van der Waals surface area contributed by atoms with E-state index in [-0.39, 0.29) is 11.6 Å². The molecule has 0 bridgehead atoms. The van der Waals surface area contributed by atoms with Crippen LogP contribution in [0.15, 0.2) is 24.3 Å². The standard InChI is InChI=1S/C26H36N4O2/c1-17(2)12-23(31)15-21-8-10-25(29-27-21)19-6-5-7-20(14-19)26-11-9-22(28-30-26)16-24(32)13-18(3)4/h8-11,17-20H,5-7,12-16H2,1-4H3/t19-,20+. The number of rotatable bonds is 10. The van der Waals surface area contributed by atoms with Crippen LogP contribution in [-0.4, -0.2) is 32.0 Å². The van der Waals surface area contributed by atoms with Crippen LogP contribution < -0.4 is 0 Å². The topological polar surface area (TPSA) is 85.7 Å². The van der Waals surface area contributed by atoms with Gasteiger partial charge in [0.2, 0.25) is 0 Å². The summed E-state index contributed by atoms with van der Waals surface area (Å²) in [4.78, 5) is 24.1. The van der Waals surface area contributed by atoms with E-state index >= 15 is 0 Å². The summed E-state index contributed by atoms with van der Waals surface area (Å²) in [6.45, 7) is 8.21. The lowest BCUT2D eigenvalue weighted by Gasteiger charge is -2.28. The summed E-state index contributed by atoms with van der Waals surface area (Å²) in [5.41, 5.74) is 3.50. The van der Waals surface area contributed by atoms with Crippen LogP contribution in [0.3, 0.4) is 0 Å². The van der Waals surface area contributed by atoms with Crippen LogP contribution in [0.1, 0.15) is 101 Å². The molecule has 3 rings (SSSR count). The zero-order chi connectivity index (χ0) is 23.1. The highest BCUT2D eigenvalue weighted by atomic mass is 16.1. The number of ketones is 2. The molecule has 0 amide bonds. The highest BCUT2D eigenvalue weighted by Gasteiger charge is 2.27. The van der Waals surface area contributed by atoms with E-state index in [0.29, 0.717) is 49.4 Å². The minimum absolute atomic E-state index is 0.215. The summed E-state index contributed by atoms with van der Waals surface area (Å²) >= 11 is 0. The van der Waals surface area contributed by atoms with Crippen molar-refractivity contribution in [2.24, 2.45) is 11.8 Å². The lowest BCUT2D eigenvalue weighted by atomic mass is 9.78. The van der Waals surface area contributed by atoms with E-state index < -0.39 is 0 Å². The fraction of sp³-hybridized carbons (Fsp3) is 0.615. The first-order valence-corrected chi connectivity index (χ1v) is 12.0. The van der Waals surface area contributed by atoms with Crippen molar-refractivity contribution in [3.8, 4) is 0 Å². The van der Waals surface area contributed by atoms with Gasteiger partial charge in [-0.05, 0) is 55.4 Å². The molecule has 2 heterocycles. The van der Waals surface area contributed by atoms with Gasteiger partial charge in [0, 0.05) is 24.7 Å². The second kappa shape index (κ2) is 11.4. The van der Waals surface area contributed by atoms with E-state index in [1.807, 2.05) is 24.3 Å². The third kappa shape index (κ3) is 7.28. The molecule has 2 atom stereocenters. The molecular weight excluding hydrogens is 400 g/mol. The van der Waals surface area contributed by atoms with Crippen LogP contribution in [0.4, 0.5) is 0 Å². The van der Waals surface area contributed by atoms with Crippen LogP contribution in [0, 0.1) is 11.8 Å². The molecule has 1 aliphatic rings. The summed E-state index contributed by atoms with van der Waals surface area (Å²) in [5.74, 6) is 1.85. The zero-order valence-corrected chi connectivity index (χ0v) is 19.9. The molecule has 0 unspecified atom stereocenters. The number of carbonyl (C=O) groups excluding carboxylic acids is 2. The average molecular weight is 437 g/mol. The van der Waals surface area contributed by atoms with E-state index in [1.54, 1.807) is 0 Å². The van der Waals surface area contributed by atoms with Gasteiger partial charge in [0.05, 0.1) is 35.6 Å². The van der Waals surface area contributed by atoms with Crippen LogP contribution >= 0.6 is 0 Å². The van der Waals surface area contributed by atoms with Crippen LogP contribution in [0.5, 0.6) is 0 Å². The summed E-state index contributed by atoms with van der Waals surface area (Å²) in [7, 11) is 0. The zero-order valence-electron chi connectivity index (χ0n) is 19.9. The molecule has 32 heavy (non-hydrogen) atoms. The molecule has 0 aliphatic heterocycles. The van der Waals surface area contributed by atoms with Crippen LogP contribution in [0.2, 0.25) is 0 Å². The Morgan fingerprint density at radius 2 is 1.19 bits per heavy atom. The lowest BCUT2D eigenvalue weighted by Crippen LogP contribution is -2.17. The minimum atomic E-state index is 0.215. The van der Waals surface area contributed by atoms with Gasteiger partial charge in [0.1, 0.15) is 11.6 Å². The average Bonchev–Trinajstić information content (AvgIpc) is 2.74. The fourth-order valence-electron chi connectivity index (χ4n) is 4.55. The monoisotopic (exact) mass is 436 g/mol. The summed E-state index contributed by atoms with van der Waals surface area (Å²) in [6.07, 6.45) is 6.15. The molecule has 2 aromatic heterocycles. The van der Waals surface area contributed by atoms with Crippen LogP contribution in [-0.2, 0) is 22.4 Å². The summed E-state index contributed by atoms with van der Waals surface area (Å²) in [5, 5.41) is 17.6. The Kier molecular flexibility index (Phi) is 8.60. The molecular formula is C26H36N4O2. The van der Waals surface area contributed by atoms with Gasteiger partial charge < -0.3 is 0 Å². The summed E-state index contributed by atoms with van der Waals surface area (Å²) < 4.78 is 0. The van der Waals surface area contributed by atoms with Gasteiger partial charge in [-0.2, -0.15) is 20.4 Å². The second-order valence-electron chi connectivity index (χ2n) is 10.1. The Bertz CT molecular complexity index is 818. The van der Waals surface area contributed by atoms with Gasteiger partial charge >= 0.3 is 0 Å². The van der Waals surface area contributed by atoms with E-state index in [9.17, 15) is 9.59 Å². The van der Waals surface area contributed by atoms with Crippen molar-refractivity contribution in [1.82, 2.24) is 20.4 Å². The van der Waals surface area contributed by atoms with Crippen molar-refractivity contribution >= 4 is 11.6 Å². The van der Waals surface area contributed by atoms with E-state index in [4.69, 9.17) is 0 Å². The molecule has 1 saturated carbocycles. The Morgan fingerprint density at radius 3 is 1.53 bits per heavy atom. The van der Waals surface area contributed by atoms with Crippen LogP contribution in [0.25, 0.3) is 0 Å². The molecule has 2 aromatic rings. The maximum absolute atomic E-state index is 12.0. The molecule has 6 nitrogen and oxygen atoms in total. The maximum atomic E-state index is 12.0. The Balaban J connectivity index is 1.58. The molecule has 1 fully saturated rings. The molecule has 0 radical (unpaired) electrons. The van der Waals surface area contributed by atoms with Crippen molar-refractivity contribution in [2.75, 3.05) is 0 Å².